The molecule has 0 spiro atoms. The van der Waals surface area contributed by atoms with Crippen LogP contribution in [0.15, 0.2) is 16.5 Å². The van der Waals surface area contributed by atoms with Crippen LogP contribution in [-0.2, 0) is 0 Å². The second-order valence-electron chi connectivity index (χ2n) is 5.38. The molecule has 108 valence electrons. The van der Waals surface area contributed by atoms with Crippen LogP contribution in [0.3, 0.4) is 0 Å². The van der Waals surface area contributed by atoms with Gasteiger partial charge in [0.05, 0.1) is 0 Å². The average Bonchev–Trinajstić information content (AvgIpc) is 3.09. The summed E-state index contributed by atoms with van der Waals surface area (Å²) in [6.07, 6.45) is 2.37. The number of nitrogens with one attached hydrogen (secondary N) is 2. The van der Waals surface area contributed by atoms with Crippen molar-refractivity contribution in [1.82, 2.24) is 20.5 Å². The van der Waals surface area contributed by atoms with Gasteiger partial charge in [-0.1, -0.05) is 0 Å². The summed E-state index contributed by atoms with van der Waals surface area (Å²) in [5, 5.41) is 10.5. The van der Waals surface area contributed by atoms with Crippen molar-refractivity contribution in [1.29, 1.82) is 0 Å². The predicted molar refractivity (Wildman–Crippen MR) is 77.7 cm³/mol. The quantitative estimate of drug-likeness (QED) is 0.890. The van der Waals surface area contributed by atoms with Crippen LogP contribution >= 0.6 is 0 Å². The van der Waals surface area contributed by atoms with Crippen molar-refractivity contribution in [3.05, 3.63) is 17.9 Å². The fraction of sp³-hybridized carbons (Fsp3) is 0.571. The second-order valence-corrected chi connectivity index (χ2v) is 5.38. The summed E-state index contributed by atoms with van der Waals surface area (Å²) in [4.78, 5) is 6.78. The van der Waals surface area contributed by atoms with Crippen molar-refractivity contribution in [2.24, 2.45) is 5.92 Å². The molecule has 2 aromatic rings. The van der Waals surface area contributed by atoms with Gasteiger partial charge in [-0.05, 0) is 51.4 Å². The highest BCUT2D eigenvalue weighted by Crippen LogP contribution is 2.23. The maximum atomic E-state index is 5.56. The fourth-order valence-corrected chi connectivity index (χ4v) is 2.69. The SMILES string of the molecule is CNCC1CCN(c2n[nH]c(-c3ccc(C)o3)n2)CC1. The molecule has 0 aromatic carbocycles. The van der Waals surface area contributed by atoms with E-state index in [-0.39, 0.29) is 0 Å². The minimum atomic E-state index is 0.699. The van der Waals surface area contributed by atoms with Crippen molar-refractivity contribution < 1.29 is 4.42 Å². The molecule has 0 atom stereocenters. The van der Waals surface area contributed by atoms with Crippen LogP contribution in [-0.4, -0.2) is 41.9 Å². The average molecular weight is 275 g/mol. The number of rotatable bonds is 4. The van der Waals surface area contributed by atoms with E-state index in [2.05, 4.69) is 25.4 Å². The van der Waals surface area contributed by atoms with Crippen LogP contribution in [0.1, 0.15) is 18.6 Å². The Hall–Kier alpha value is -1.82. The lowest BCUT2D eigenvalue weighted by molar-refractivity contribution is 0.391. The molecule has 6 heteroatoms. The molecule has 0 unspecified atom stereocenters. The second kappa shape index (κ2) is 5.66. The van der Waals surface area contributed by atoms with Gasteiger partial charge in [-0.25, -0.2) is 0 Å². The third-order valence-corrected chi connectivity index (χ3v) is 3.84. The summed E-state index contributed by atoms with van der Waals surface area (Å²) in [5.41, 5.74) is 0. The van der Waals surface area contributed by atoms with Crippen LogP contribution < -0.4 is 10.2 Å². The Morgan fingerprint density at radius 3 is 2.85 bits per heavy atom. The molecule has 0 amide bonds. The summed E-state index contributed by atoms with van der Waals surface area (Å²) in [7, 11) is 2.01. The van der Waals surface area contributed by atoms with E-state index in [9.17, 15) is 0 Å². The van der Waals surface area contributed by atoms with Crippen LogP contribution in [0.2, 0.25) is 0 Å². The van der Waals surface area contributed by atoms with Gasteiger partial charge in [0, 0.05) is 13.1 Å². The summed E-state index contributed by atoms with van der Waals surface area (Å²) in [5.74, 6) is 3.86. The summed E-state index contributed by atoms with van der Waals surface area (Å²) < 4.78 is 5.56. The third-order valence-electron chi connectivity index (χ3n) is 3.84. The van der Waals surface area contributed by atoms with Gasteiger partial charge < -0.3 is 14.6 Å². The molecule has 2 aromatic heterocycles. The van der Waals surface area contributed by atoms with Crippen molar-refractivity contribution in [3.8, 4) is 11.6 Å². The number of piperidine rings is 1. The molecule has 0 bridgehead atoms. The molecule has 3 rings (SSSR count). The van der Waals surface area contributed by atoms with E-state index in [1.165, 1.54) is 12.8 Å². The zero-order valence-electron chi connectivity index (χ0n) is 12.0. The molecule has 20 heavy (non-hydrogen) atoms. The number of hydrogen-bond acceptors (Lipinski definition) is 5. The van der Waals surface area contributed by atoms with Crippen molar-refractivity contribution in [2.45, 2.75) is 19.8 Å². The van der Waals surface area contributed by atoms with Crippen molar-refractivity contribution in [2.75, 3.05) is 31.6 Å². The highest BCUT2D eigenvalue weighted by atomic mass is 16.3. The van der Waals surface area contributed by atoms with E-state index in [4.69, 9.17) is 4.42 Å². The lowest BCUT2D eigenvalue weighted by atomic mass is 9.97. The number of H-pyrrole nitrogens is 1. The molecule has 0 radical (unpaired) electrons. The molecule has 6 nitrogen and oxygen atoms in total. The van der Waals surface area contributed by atoms with E-state index in [1.807, 2.05) is 26.1 Å². The maximum Gasteiger partial charge on any atom is 0.245 e. The first kappa shape index (κ1) is 13.2. The smallest absolute Gasteiger partial charge is 0.245 e. The molecular formula is C14H21N5O. The van der Waals surface area contributed by atoms with Crippen LogP contribution in [0.5, 0.6) is 0 Å². The molecule has 3 heterocycles. The van der Waals surface area contributed by atoms with Crippen molar-refractivity contribution >= 4 is 5.95 Å². The van der Waals surface area contributed by atoms with E-state index in [1.54, 1.807) is 0 Å². The van der Waals surface area contributed by atoms with Crippen LogP contribution in [0.4, 0.5) is 5.95 Å². The largest absolute Gasteiger partial charge is 0.458 e. The topological polar surface area (TPSA) is 70.0 Å². The first-order valence-corrected chi connectivity index (χ1v) is 7.15. The molecule has 1 saturated heterocycles. The number of aromatic nitrogens is 3. The first-order chi connectivity index (χ1) is 9.76. The molecule has 2 N–H and O–H groups in total. The number of furan rings is 1. The Kier molecular flexibility index (Phi) is 3.73. The van der Waals surface area contributed by atoms with Gasteiger partial charge in [-0.2, -0.15) is 4.98 Å². The molecule has 0 aliphatic carbocycles. The van der Waals surface area contributed by atoms with E-state index in [0.717, 1.165) is 43.0 Å². The Morgan fingerprint density at radius 1 is 1.40 bits per heavy atom. The number of aromatic amines is 1. The predicted octanol–water partition coefficient (Wildman–Crippen LogP) is 1.81. The number of nitrogens with zero attached hydrogens (tertiary/aromatic N) is 3. The van der Waals surface area contributed by atoms with Gasteiger partial charge in [0.25, 0.3) is 0 Å². The Morgan fingerprint density at radius 2 is 2.20 bits per heavy atom. The summed E-state index contributed by atoms with van der Waals surface area (Å²) >= 11 is 0. The van der Waals surface area contributed by atoms with Gasteiger partial charge in [-0.15, -0.1) is 5.10 Å². The highest BCUT2D eigenvalue weighted by molar-refractivity contribution is 5.49. The van der Waals surface area contributed by atoms with E-state index >= 15 is 0 Å². The molecule has 0 saturated carbocycles. The lowest BCUT2D eigenvalue weighted by Gasteiger charge is -2.30. The minimum absolute atomic E-state index is 0.699. The van der Waals surface area contributed by atoms with E-state index < -0.39 is 0 Å². The first-order valence-electron chi connectivity index (χ1n) is 7.15. The monoisotopic (exact) mass is 275 g/mol. The Labute approximate surface area is 118 Å². The standard InChI is InChI=1S/C14H21N5O/c1-10-3-4-12(20-10)13-16-14(18-17-13)19-7-5-11(6-8-19)9-15-2/h3-4,11,15H,5-9H2,1-2H3,(H,16,17,18). The third kappa shape index (κ3) is 2.70. The number of anilines is 1. The van der Waals surface area contributed by atoms with Gasteiger partial charge in [0.1, 0.15) is 5.76 Å². The van der Waals surface area contributed by atoms with Crippen molar-refractivity contribution in [3.63, 3.8) is 0 Å². The molecular weight excluding hydrogens is 254 g/mol. The molecule has 1 fully saturated rings. The zero-order chi connectivity index (χ0) is 13.9. The van der Waals surface area contributed by atoms with Gasteiger partial charge in [0.15, 0.2) is 11.6 Å². The minimum Gasteiger partial charge on any atom is -0.458 e. The number of hydrogen-bond donors (Lipinski definition) is 2. The van der Waals surface area contributed by atoms with Gasteiger partial charge in [0.2, 0.25) is 5.95 Å². The maximum absolute atomic E-state index is 5.56. The Bertz CT molecular complexity index is 553. The molecule has 1 aliphatic heterocycles. The van der Waals surface area contributed by atoms with Crippen LogP contribution in [0, 0.1) is 12.8 Å². The van der Waals surface area contributed by atoms with Gasteiger partial charge in [-0.3, -0.25) is 5.10 Å². The highest BCUT2D eigenvalue weighted by Gasteiger charge is 2.22. The summed E-state index contributed by atoms with van der Waals surface area (Å²) in [6.45, 7) is 5.05. The normalized spacial score (nSPS) is 16.8. The lowest BCUT2D eigenvalue weighted by Crippen LogP contribution is -2.37. The fourth-order valence-electron chi connectivity index (χ4n) is 2.69. The summed E-state index contributed by atoms with van der Waals surface area (Å²) in [6, 6.07) is 3.85. The van der Waals surface area contributed by atoms with Crippen LogP contribution in [0.25, 0.3) is 11.6 Å². The Balaban J connectivity index is 1.66. The molecule has 1 aliphatic rings. The van der Waals surface area contributed by atoms with E-state index in [0.29, 0.717) is 5.82 Å². The number of aryl methyl sites for hydroxylation is 1. The van der Waals surface area contributed by atoms with Gasteiger partial charge >= 0.3 is 0 Å². The zero-order valence-corrected chi connectivity index (χ0v) is 12.0.